The first-order valence-electron chi connectivity index (χ1n) is 29.0. The number of hydrogen-bond donors (Lipinski definition) is 10. The first-order chi connectivity index (χ1) is 44.0. The second kappa shape index (κ2) is 37.6. The molecule has 1 aliphatic carbocycles. The summed E-state index contributed by atoms with van der Waals surface area (Å²) in [7, 11) is -12.5. The molecule has 2 heterocycles. The molecule has 10 N–H and O–H groups in total. The number of benzene rings is 3. The number of aromatic amines is 1. The molecule has 0 radical (unpaired) electrons. The molecule has 3 aromatic rings. The quantitative estimate of drug-likeness (QED) is 0.00470. The second-order valence-corrected chi connectivity index (χ2v) is 28.0. The van der Waals surface area contributed by atoms with E-state index >= 15 is 0 Å². The molecular weight excluding hydrogens is 1320 g/mol. The Morgan fingerprint density at radius 3 is 2.20 bits per heavy atom. The third kappa shape index (κ3) is 26.7. The highest BCUT2D eigenvalue weighted by Gasteiger charge is 2.41. The minimum atomic E-state index is -5.73. The first kappa shape index (κ1) is 77.3. The molecule has 2 aromatic carbocycles. The standard InChI is InChI=1S/C57H78N7O24P3S2/c1-8-58-46-32-48-44(29-37(46)3)50(45-30-38(4)47(59-9-2)33-49(45)86-48)43-31-39(14-15-42(43)53(67)68)51(65)60-19-25-80-27-28-81-26-20-62-56(71)84-24-17-57(5,6)93-92-36-82-22-10-11-23-83-55(70)61-18-12-13-40-34-64(54(69)63-52(40)66)21-16-41(79-7)35-85-90(75,76)88-91(77,78)87-89(72,73)74/h14-15,29-34,41,58H,8-11,16-28,35-36H2,1-7H3,(H,60,65)(H,61,70)(H,62,71)(H,67,68)(H,75,76)(H,77,78)(H,63,66,69)(H2,72,73,74)/t41-/m0/s1. The maximum atomic E-state index is 13.5. The summed E-state index contributed by atoms with van der Waals surface area (Å²) in [6, 6.07) is 12.2. The summed E-state index contributed by atoms with van der Waals surface area (Å²) in [6.07, 6.45) is 0.290. The molecule has 5 rings (SSSR count). The number of phosphoric acid groups is 3. The molecule has 1 aliphatic heterocycles. The molecule has 36 heteroatoms. The SMILES string of the molecule is CCN=c1cc2oc3cc(NCC)c(C)cc3c(-c3cc(C(=O)NCCOCCOCCNC(=O)OCCC(C)(C)SSCOCCCCOC(=O)NCC#Cc4cn(CC[C@@H](COP(=O)(O)OP(=O)(O)OP(=O)(O)O)OC)c(=O)[nH]c4=O)ccc3C(=O)O)c-2cc1C. The van der Waals surface area contributed by atoms with Crippen molar-refractivity contribution in [1.82, 2.24) is 25.5 Å². The number of hydrogen-bond acceptors (Lipinski definition) is 23. The number of aromatic nitrogens is 2. The van der Waals surface area contributed by atoms with Crippen molar-refractivity contribution in [3.63, 3.8) is 0 Å². The summed E-state index contributed by atoms with van der Waals surface area (Å²) >= 11 is 0. The van der Waals surface area contributed by atoms with Gasteiger partial charge in [0.05, 0.1) is 69.8 Å². The fourth-order valence-corrected chi connectivity index (χ4v) is 13.8. The van der Waals surface area contributed by atoms with Crippen LogP contribution in [0.3, 0.4) is 0 Å². The van der Waals surface area contributed by atoms with Crippen LogP contribution in [0.5, 0.6) is 0 Å². The van der Waals surface area contributed by atoms with E-state index in [-0.39, 0.29) is 93.7 Å². The number of unbranched alkanes of at least 4 members (excludes halogenated alkanes) is 1. The molecule has 31 nitrogen and oxygen atoms in total. The normalized spacial score (nSPS) is 13.6. The highest BCUT2D eigenvalue weighted by Crippen LogP contribution is 2.66. The Morgan fingerprint density at radius 1 is 0.817 bits per heavy atom. The zero-order valence-corrected chi connectivity index (χ0v) is 56.5. The van der Waals surface area contributed by atoms with E-state index in [1.807, 2.05) is 65.8 Å². The van der Waals surface area contributed by atoms with Crippen LogP contribution in [0, 0.1) is 25.7 Å². The number of carbonyl (C=O) groups excluding carboxylic acids is 3. The molecule has 93 heavy (non-hydrogen) atoms. The number of nitrogens with one attached hydrogen (secondary N) is 5. The van der Waals surface area contributed by atoms with Crippen molar-refractivity contribution in [3.05, 3.63) is 103 Å². The van der Waals surface area contributed by atoms with Gasteiger partial charge in [-0.25, -0.2) is 32.9 Å². The molecule has 1 aromatic heterocycles. The molecule has 2 unspecified atom stereocenters. The Kier molecular flexibility index (Phi) is 31.3. The summed E-state index contributed by atoms with van der Waals surface area (Å²) in [5.74, 6) is 4.46. The molecule has 3 atom stereocenters. The van der Waals surface area contributed by atoms with Crippen molar-refractivity contribution >= 4 is 85.8 Å². The number of alkyl carbamates (subject to hydrolysis) is 2. The van der Waals surface area contributed by atoms with Crippen molar-refractivity contribution in [1.29, 1.82) is 0 Å². The maximum absolute atomic E-state index is 13.5. The number of aryl methyl sites for hydroxylation is 3. The lowest BCUT2D eigenvalue weighted by atomic mass is 9.88. The zero-order valence-electron chi connectivity index (χ0n) is 52.2. The van der Waals surface area contributed by atoms with E-state index in [9.17, 15) is 57.4 Å². The van der Waals surface area contributed by atoms with Gasteiger partial charge in [-0.1, -0.05) is 33.4 Å². The van der Waals surface area contributed by atoms with Crippen LogP contribution in [0.25, 0.3) is 33.4 Å². The van der Waals surface area contributed by atoms with Gasteiger partial charge in [-0.05, 0) is 114 Å². The van der Waals surface area contributed by atoms with E-state index in [0.29, 0.717) is 78.3 Å². The van der Waals surface area contributed by atoms with E-state index in [1.165, 1.54) is 30.0 Å². The third-order valence-electron chi connectivity index (χ3n) is 13.0. The Bertz CT molecular complexity index is 3750. The van der Waals surface area contributed by atoms with Gasteiger partial charge in [-0.2, -0.15) is 8.62 Å². The van der Waals surface area contributed by atoms with Gasteiger partial charge in [0, 0.05) is 97.3 Å². The monoisotopic (exact) mass is 1400 g/mol. The van der Waals surface area contributed by atoms with Crippen LogP contribution < -0.4 is 37.9 Å². The third-order valence-corrected chi connectivity index (χ3v) is 19.8. The molecule has 0 spiro atoms. The Hall–Kier alpha value is -6.40. The predicted octanol–water partition coefficient (Wildman–Crippen LogP) is 7.04. The highest BCUT2D eigenvalue weighted by atomic mass is 33.1. The van der Waals surface area contributed by atoms with E-state index < -0.39 is 71.5 Å². The summed E-state index contributed by atoms with van der Waals surface area (Å²) in [4.78, 5) is 118. The smallest absolute Gasteiger partial charge is 0.478 e. The number of phosphoric ester groups is 1. The van der Waals surface area contributed by atoms with Crippen LogP contribution in [-0.2, 0) is 61.8 Å². The van der Waals surface area contributed by atoms with Crippen molar-refractivity contribution in [2.24, 2.45) is 4.99 Å². The second-order valence-electron chi connectivity index (χ2n) is 20.7. The largest absolute Gasteiger partial charge is 0.490 e. The number of anilines is 1. The lowest BCUT2D eigenvalue weighted by Gasteiger charge is -2.22. The summed E-state index contributed by atoms with van der Waals surface area (Å²) in [5.41, 5.74) is 3.40. The van der Waals surface area contributed by atoms with Crippen LogP contribution in [0.4, 0.5) is 15.3 Å². The molecule has 0 saturated carbocycles. The molecule has 0 saturated heterocycles. The van der Waals surface area contributed by atoms with Crippen molar-refractivity contribution < 1.29 is 104 Å². The number of carbonyl (C=O) groups is 4. The van der Waals surface area contributed by atoms with E-state index in [1.54, 1.807) is 16.9 Å². The molecule has 0 bridgehead atoms. The molecular formula is C57H78N7O24P3S2. The molecule has 0 fully saturated rings. The van der Waals surface area contributed by atoms with Crippen molar-refractivity contribution in [3.8, 4) is 34.3 Å². The lowest BCUT2D eigenvalue weighted by Crippen LogP contribution is -2.32. The van der Waals surface area contributed by atoms with Crippen LogP contribution in [0.2, 0.25) is 0 Å². The van der Waals surface area contributed by atoms with E-state index in [0.717, 1.165) is 32.9 Å². The van der Waals surface area contributed by atoms with Crippen LogP contribution in [0.1, 0.15) is 90.8 Å². The van der Waals surface area contributed by atoms with Gasteiger partial charge in [0.15, 0.2) is 0 Å². The maximum Gasteiger partial charge on any atom is 0.490 e. The average Bonchev–Trinajstić information content (AvgIpc) is 0.753. The van der Waals surface area contributed by atoms with Crippen molar-refractivity contribution in [2.45, 2.75) is 84.6 Å². The average molecular weight is 1400 g/mol. The minimum absolute atomic E-state index is 0.0263. The van der Waals surface area contributed by atoms with Gasteiger partial charge in [0.1, 0.15) is 22.8 Å². The molecule has 2 aliphatic rings. The topological polar surface area (TPSA) is 432 Å². The Morgan fingerprint density at radius 2 is 1.52 bits per heavy atom. The summed E-state index contributed by atoms with van der Waals surface area (Å²) in [5, 5.41) is 23.1. The van der Waals surface area contributed by atoms with E-state index in [2.05, 4.69) is 56.2 Å². The number of methoxy groups -OCH3 is 1. The van der Waals surface area contributed by atoms with Gasteiger partial charge < -0.3 is 78.8 Å². The first-order valence-corrected chi connectivity index (χ1v) is 35.8. The van der Waals surface area contributed by atoms with Gasteiger partial charge in [0.2, 0.25) is 0 Å². The van der Waals surface area contributed by atoms with Crippen LogP contribution in [0.15, 0.2) is 67.7 Å². The number of amides is 3. The summed E-state index contributed by atoms with van der Waals surface area (Å²) < 4.78 is 86.0. The van der Waals surface area contributed by atoms with Gasteiger partial charge in [0.25, 0.3) is 11.5 Å². The van der Waals surface area contributed by atoms with Crippen LogP contribution >= 0.6 is 45.1 Å². The fourth-order valence-electron chi connectivity index (χ4n) is 8.50. The zero-order chi connectivity index (χ0) is 68.4. The van der Waals surface area contributed by atoms with Gasteiger partial charge in [-0.3, -0.25) is 28.7 Å². The fraction of sp³-hybridized carbons (Fsp3) is 0.491. The predicted molar refractivity (Wildman–Crippen MR) is 345 cm³/mol. The highest BCUT2D eigenvalue weighted by molar-refractivity contribution is 8.77. The lowest BCUT2D eigenvalue weighted by molar-refractivity contribution is 0.0370. The Labute approximate surface area is 542 Å². The number of H-pyrrole nitrogens is 1. The molecule has 3 amide bonds. The minimum Gasteiger partial charge on any atom is -0.478 e. The number of carboxylic acids is 1. The van der Waals surface area contributed by atoms with Gasteiger partial charge >= 0.3 is 47.3 Å². The molecule has 512 valence electrons. The summed E-state index contributed by atoms with van der Waals surface area (Å²) in [6.45, 7) is 13.9. The van der Waals surface area contributed by atoms with Gasteiger partial charge in [-0.15, -0.1) is 0 Å². The number of aromatic carboxylic acids is 1. The number of rotatable bonds is 39. The van der Waals surface area contributed by atoms with Crippen LogP contribution in [-0.4, -0.2) is 168 Å². The number of nitrogens with zero attached hydrogens (tertiary/aromatic N) is 2. The number of carboxylic acid groups (broad SMARTS) is 1. The van der Waals surface area contributed by atoms with E-state index in [4.69, 9.17) is 42.6 Å². The van der Waals surface area contributed by atoms with Crippen molar-refractivity contribution in [2.75, 3.05) is 104 Å². The Balaban J connectivity index is 0.890. The number of fused-ring (bicyclic) bond motifs is 2. The number of ether oxygens (including phenoxy) is 6.